The zero-order chi connectivity index (χ0) is 38.4. The van der Waals surface area contributed by atoms with Crippen LogP contribution in [0.1, 0.15) is 149 Å². The van der Waals surface area contributed by atoms with Crippen LogP contribution in [0.5, 0.6) is 0 Å². The molecule has 0 spiro atoms. The van der Waals surface area contributed by atoms with Crippen molar-refractivity contribution < 1.29 is 47.8 Å². The lowest BCUT2D eigenvalue weighted by Gasteiger charge is -2.20. The maximum atomic E-state index is 12.6. The monoisotopic (exact) mass is 754 g/mol. The van der Waals surface area contributed by atoms with Gasteiger partial charge in [-0.1, -0.05) is 139 Å². The van der Waals surface area contributed by atoms with E-state index in [-0.39, 0.29) is 19.4 Å². The van der Waals surface area contributed by atoms with Crippen LogP contribution in [0.4, 0.5) is 0 Å². The van der Waals surface area contributed by atoms with Gasteiger partial charge < -0.3 is 24.6 Å². The van der Waals surface area contributed by atoms with E-state index < -0.39 is 51.8 Å². The third kappa shape index (κ3) is 36.0. The van der Waals surface area contributed by atoms with Gasteiger partial charge in [-0.2, -0.15) is 0 Å². The molecule has 3 N–H and O–H groups in total. The predicted octanol–water partition coefficient (Wildman–Crippen LogP) is 9.94. The average Bonchev–Trinajstić information content (AvgIpc) is 3.13. The molecular formula is C41H71O10P. The van der Waals surface area contributed by atoms with Crippen LogP contribution < -0.4 is 0 Å². The lowest BCUT2D eigenvalue weighted by atomic mass is 10.1. The number of allylic oxidation sites excluding steroid dienone is 10. The van der Waals surface area contributed by atoms with E-state index in [1.807, 2.05) is 0 Å². The van der Waals surface area contributed by atoms with Crippen LogP contribution in [0.2, 0.25) is 0 Å². The first-order valence-corrected chi connectivity index (χ1v) is 21.2. The smallest absolute Gasteiger partial charge is 0.462 e. The Morgan fingerprint density at radius 3 is 1.60 bits per heavy atom. The summed E-state index contributed by atoms with van der Waals surface area (Å²) in [5.41, 5.74) is 0. The molecule has 0 aromatic carbocycles. The standard InChI is InChI=1S/C41H71O10P/c1-3-5-7-9-11-13-15-16-17-18-19-20-21-22-23-25-27-29-31-33-41(45)51-39(37-50-52(46,47)49-35-38(43)34-42)36-48-40(44)32-30-28-26-24-14-12-10-8-6-4-2/h5,7,11,13,16-17,19-20,22-23,38-39,42-43H,3-4,6,8-10,12,14-15,18,21,24-37H2,1-2H3,(H,46,47)/b7-5-,13-11-,17-16-,20-19-,23-22-. The number of phosphoric ester groups is 1. The summed E-state index contributed by atoms with van der Waals surface area (Å²) in [7, 11) is -4.62. The second-order valence-corrected chi connectivity index (χ2v) is 14.4. The summed E-state index contributed by atoms with van der Waals surface area (Å²) in [4.78, 5) is 34.8. The number of unbranched alkanes of at least 4 members (excludes halogenated alkanes) is 12. The van der Waals surface area contributed by atoms with Crippen LogP contribution >= 0.6 is 7.82 Å². The fourth-order valence-electron chi connectivity index (χ4n) is 4.90. The maximum Gasteiger partial charge on any atom is 0.472 e. The third-order valence-corrected chi connectivity index (χ3v) is 8.89. The van der Waals surface area contributed by atoms with Gasteiger partial charge in [0.2, 0.25) is 0 Å². The molecule has 0 radical (unpaired) electrons. The zero-order valence-electron chi connectivity index (χ0n) is 32.3. The molecule has 10 nitrogen and oxygen atoms in total. The highest BCUT2D eigenvalue weighted by Gasteiger charge is 2.27. The van der Waals surface area contributed by atoms with Crippen molar-refractivity contribution in [2.75, 3.05) is 26.4 Å². The highest BCUT2D eigenvalue weighted by molar-refractivity contribution is 7.47. The van der Waals surface area contributed by atoms with Crippen molar-refractivity contribution >= 4 is 19.8 Å². The van der Waals surface area contributed by atoms with Crippen LogP contribution in [0.15, 0.2) is 60.8 Å². The normalized spacial score (nSPS) is 14.6. The van der Waals surface area contributed by atoms with E-state index in [9.17, 15) is 24.2 Å². The van der Waals surface area contributed by atoms with Crippen molar-refractivity contribution in [1.82, 2.24) is 0 Å². The number of ether oxygens (including phenoxy) is 2. The van der Waals surface area contributed by atoms with Crippen molar-refractivity contribution in [1.29, 1.82) is 0 Å². The number of esters is 2. The summed E-state index contributed by atoms with van der Waals surface area (Å²) < 4.78 is 32.5. The van der Waals surface area contributed by atoms with E-state index in [4.69, 9.17) is 19.1 Å². The van der Waals surface area contributed by atoms with Gasteiger partial charge >= 0.3 is 19.8 Å². The van der Waals surface area contributed by atoms with Gasteiger partial charge in [-0.3, -0.25) is 18.6 Å². The first kappa shape index (κ1) is 49.7. The summed E-state index contributed by atoms with van der Waals surface area (Å²) in [6, 6.07) is 0. The molecule has 0 aliphatic heterocycles. The van der Waals surface area contributed by atoms with Gasteiger partial charge in [0.1, 0.15) is 12.7 Å². The molecule has 0 fully saturated rings. The molecule has 0 bridgehead atoms. The molecule has 0 aromatic heterocycles. The molecule has 0 rings (SSSR count). The molecule has 0 saturated carbocycles. The van der Waals surface area contributed by atoms with Gasteiger partial charge in [-0.25, -0.2) is 4.57 Å². The minimum atomic E-state index is -4.62. The van der Waals surface area contributed by atoms with Crippen LogP contribution in [0.3, 0.4) is 0 Å². The molecule has 0 aromatic rings. The van der Waals surface area contributed by atoms with Gasteiger partial charge in [-0.05, 0) is 57.8 Å². The topological polar surface area (TPSA) is 149 Å². The second-order valence-electron chi connectivity index (χ2n) is 12.9. The molecule has 52 heavy (non-hydrogen) atoms. The number of rotatable bonds is 36. The lowest BCUT2D eigenvalue weighted by molar-refractivity contribution is -0.161. The number of aliphatic hydroxyl groups is 2. The third-order valence-electron chi connectivity index (χ3n) is 7.94. The number of hydrogen-bond donors (Lipinski definition) is 3. The van der Waals surface area contributed by atoms with Gasteiger partial charge in [0.25, 0.3) is 0 Å². The maximum absolute atomic E-state index is 12.6. The molecule has 300 valence electrons. The zero-order valence-corrected chi connectivity index (χ0v) is 33.1. The summed E-state index contributed by atoms with van der Waals surface area (Å²) in [5, 5.41) is 18.3. The van der Waals surface area contributed by atoms with E-state index in [1.165, 1.54) is 38.5 Å². The first-order valence-electron chi connectivity index (χ1n) is 19.7. The van der Waals surface area contributed by atoms with Crippen molar-refractivity contribution in [3.05, 3.63) is 60.8 Å². The lowest BCUT2D eigenvalue weighted by Crippen LogP contribution is -2.29. The summed E-state index contributed by atoms with van der Waals surface area (Å²) >= 11 is 0. The molecule has 11 heteroatoms. The van der Waals surface area contributed by atoms with Crippen molar-refractivity contribution in [3.63, 3.8) is 0 Å². The van der Waals surface area contributed by atoms with Gasteiger partial charge in [-0.15, -0.1) is 0 Å². The number of carbonyl (C=O) groups excluding carboxylic acids is 2. The van der Waals surface area contributed by atoms with Crippen molar-refractivity contribution in [2.45, 2.75) is 161 Å². The number of carbonyl (C=O) groups is 2. The fourth-order valence-corrected chi connectivity index (χ4v) is 5.69. The molecule has 0 heterocycles. The highest BCUT2D eigenvalue weighted by atomic mass is 31.2. The van der Waals surface area contributed by atoms with Gasteiger partial charge in [0.05, 0.1) is 19.8 Å². The summed E-state index contributed by atoms with van der Waals surface area (Å²) in [6.45, 7) is 2.19. The summed E-state index contributed by atoms with van der Waals surface area (Å²) in [5.74, 6) is -0.969. The fraction of sp³-hybridized carbons (Fsp3) is 0.707. The molecule has 0 amide bonds. The molecule has 3 unspecified atom stereocenters. The average molecular weight is 755 g/mol. The van der Waals surface area contributed by atoms with E-state index in [2.05, 4.69) is 79.1 Å². The molecule has 0 aliphatic rings. The SMILES string of the molecule is CC/C=C\C/C=C\C/C=C\C/C=C\C/C=C\CCCCCC(=O)OC(COC(=O)CCCCCCCCCCCC)COP(=O)(O)OCC(O)CO. The minimum absolute atomic E-state index is 0.144. The Morgan fingerprint density at radius 2 is 1.06 bits per heavy atom. The quantitative estimate of drug-likeness (QED) is 0.0244. The Hall–Kier alpha value is -2.33. The number of aliphatic hydroxyl groups excluding tert-OH is 2. The highest BCUT2D eigenvalue weighted by Crippen LogP contribution is 2.43. The van der Waals surface area contributed by atoms with E-state index in [1.54, 1.807) is 0 Å². The Kier molecular flexibility index (Phi) is 35.3. The van der Waals surface area contributed by atoms with Crippen LogP contribution in [0.25, 0.3) is 0 Å². The van der Waals surface area contributed by atoms with Gasteiger partial charge in [0, 0.05) is 12.8 Å². The first-order chi connectivity index (χ1) is 25.2. The predicted molar refractivity (Wildman–Crippen MR) is 210 cm³/mol. The number of hydrogen-bond acceptors (Lipinski definition) is 9. The number of phosphoric acid groups is 1. The van der Waals surface area contributed by atoms with Crippen molar-refractivity contribution in [2.24, 2.45) is 0 Å². The van der Waals surface area contributed by atoms with Crippen molar-refractivity contribution in [3.8, 4) is 0 Å². The summed E-state index contributed by atoms with van der Waals surface area (Å²) in [6.07, 6.45) is 39.1. The molecular weight excluding hydrogens is 683 g/mol. The Balaban J connectivity index is 4.41. The van der Waals surface area contributed by atoms with E-state index in [0.717, 1.165) is 70.6 Å². The Labute approximate surface area is 315 Å². The molecule has 3 atom stereocenters. The van der Waals surface area contributed by atoms with Crippen LogP contribution in [-0.4, -0.2) is 65.7 Å². The largest absolute Gasteiger partial charge is 0.472 e. The molecule has 0 aliphatic carbocycles. The Bertz CT molecular complexity index is 1050. The van der Waals surface area contributed by atoms with Crippen LogP contribution in [-0.2, 0) is 32.7 Å². The minimum Gasteiger partial charge on any atom is -0.462 e. The van der Waals surface area contributed by atoms with E-state index >= 15 is 0 Å². The van der Waals surface area contributed by atoms with E-state index in [0.29, 0.717) is 12.8 Å². The van der Waals surface area contributed by atoms with Crippen LogP contribution in [0, 0.1) is 0 Å². The Morgan fingerprint density at radius 1 is 0.596 bits per heavy atom. The molecule has 0 saturated heterocycles. The van der Waals surface area contributed by atoms with Gasteiger partial charge in [0.15, 0.2) is 6.10 Å². The second kappa shape index (κ2) is 37.0.